The Morgan fingerprint density at radius 2 is 1.85 bits per heavy atom. The summed E-state index contributed by atoms with van der Waals surface area (Å²) in [5.41, 5.74) is 6.80. The maximum Gasteiger partial charge on any atom is 0.242 e. The van der Waals surface area contributed by atoms with Crippen molar-refractivity contribution in [2.24, 2.45) is 11.1 Å². The highest BCUT2D eigenvalue weighted by Crippen LogP contribution is 2.22. The lowest BCUT2D eigenvalue weighted by Gasteiger charge is -2.24. The van der Waals surface area contributed by atoms with Crippen LogP contribution in [-0.4, -0.2) is 28.1 Å². The molecule has 1 rings (SSSR count). The highest BCUT2D eigenvalue weighted by Gasteiger charge is 2.18. The first-order valence-electron chi connectivity index (χ1n) is 6.68. The van der Waals surface area contributed by atoms with E-state index in [1.807, 2.05) is 0 Å². The third-order valence-corrected chi connectivity index (χ3v) is 4.35. The van der Waals surface area contributed by atoms with Crippen LogP contribution in [0.25, 0.3) is 0 Å². The van der Waals surface area contributed by atoms with Crippen LogP contribution >= 0.6 is 0 Å². The molecule has 0 aliphatic rings. The Balaban J connectivity index is 2.80. The Bertz CT molecular complexity index is 536. The summed E-state index contributed by atoms with van der Waals surface area (Å²) in [6.45, 7) is 6.93. The smallest absolute Gasteiger partial charge is 0.242 e. The van der Waals surface area contributed by atoms with Gasteiger partial charge in [-0.3, -0.25) is 0 Å². The van der Waals surface area contributed by atoms with E-state index in [-0.39, 0.29) is 16.4 Å². The highest BCUT2D eigenvalue weighted by atomic mass is 32.2. The molecule has 0 spiro atoms. The molecular weight excluding hydrogens is 274 g/mol. The van der Waals surface area contributed by atoms with E-state index in [4.69, 9.17) is 5.73 Å². The number of sulfonamides is 1. The van der Waals surface area contributed by atoms with Gasteiger partial charge in [0.1, 0.15) is 4.90 Å². The van der Waals surface area contributed by atoms with Gasteiger partial charge in [-0.1, -0.05) is 32.9 Å². The molecule has 4 N–H and O–H groups in total. The van der Waals surface area contributed by atoms with Crippen molar-refractivity contribution in [1.82, 2.24) is 4.72 Å². The molecule has 0 saturated carbocycles. The number of rotatable bonds is 6. The summed E-state index contributed by atoms with van der Waals surface area (Å²) in [6, 6.07) is 6.79. The number of anilines is 1. The van der Waals surface area contributed by atoms with Gasteiger partial charge in [-0.2, -0.15) is 0 Å². The first-order chi connectivity index (χ1) is 9.15. The summed E-state index contributed by atoms with van der Waals surface area (Å²) >= 11 is 0. The predicted molar refractivity (Wildman–Crippen MR) is 83.2 cm³/mol. The number of hydrogen-bond donors (Lipinski definition) is 3. The van der Waals surface area contributed by atoms with Crippen LogP contribution in [0.5, 0.6) is 0 Å². The number of nitrogens with one attached hydrogen (secondary N) is 2. The molecule has 6 heteroatoms. The van der Waals surface area contributed by atoms with Crippen molar-refractivity contribution in [1.29, 1.82) is 0 Å². The standard InChI is InChI=1S/C14H25N3O2S/c1-14(2,3)9-11(15)10-17-12-7-5-6-8-13(12)20(18,19)16-4/h5-8,11,16-17H,9-10,15H2,1-4H3. The molecule has 20 heavy (non-hydrogen) atoms. The molecule has 0 saturated heterocycles. The van der Waals surface area contributed by atoms with Crippen LogP contribution < -0.4 is 15.8 Å². The Kier molecular flexibility index (Phi) is 5.56. The molecule has 0 aromatic heterocycles. The molecule has 1 aromatic rings. The van der Waals surface area contributed by atoms with Crippen LogP contribution in [0.4, 0.5) is 5.69 Å². The quantitative estimate of drug-likeness (QED) is 0.747. The minimum Gasteiger partial charge on any atom is -0.382 e. The lowest BCUT2D eigenvalue weighted by Crippen LogP contribution is -2.33. The minimum atomic E-state index is -3.47. The number of hydrogen-bond acceptors (Lipinski definition) is 4. The molecule has 0 heterocycles. The van der Waals surface area contributed by atoms with Gasteiger partial charge in [0.2, 0.25) is 10.0 Å². The second kappa shape index (κ2) is 6.56. The summed E-state index contributed by atoms with van der Waals surface area (Å²) in [5, 5.41) is 3.13. The van der Waals surface area contributed by atoms with Gasteiger partial charge in [-0.05, 0) is 31.0 Å². The lowest BCUT2D eigenvalue weighted by molar-refractivity contribution is 0.344. The SMILES string of the molecule is CNS(=O)(=O)c1ccccc1NCC(N)CC(C)(C)C. The van der Waals surface area contributed by atoms with Gasteiger partial charge in [0.15, 0.2) is 0 Å². The van der Waals surface area contributed by atoms with Gasteiger partial charge >= 0.3 is 0 Å². The van der Waals surface area contributed by atoms with Crippen molar-refractivity contribution in [2.75, 3.05) is 18.9 Å². The molecule has 0 radical (unpaired) electrons. The number of nitrogens with two attached hydrogens (primary N) is 1. The van der Waals surface area contributed by atoms with Gasteiger partial charge in [0, 0.05) is 12.6 Å². The van der Waals surface area contributed by atoms with Crippen LogP contribution in [0.1, 0.15) is 27.2 Å². The first kappa shape index (κ1) is 16.9. The maximum atomic E-state index is 11.9. The topological polar surface area (TPSA) is 84.2 Å². The van der Waals surface area contributed by atoms with E-state index in [2.05, 4.69) is 30.8 Å². The van der Waals surface area contributed by atoms with E-state index in [0.717, 1.165) is 6.42 Å². The monoisotopic (exact) mass is 299 g/mol. The van der Waals surface area contributed by atoms with E-state index in [1.54, 1.807) is 24.3 Å². The fourth-order valence-electron chi connectivity index (χ4n) is 2.06. The molecule has 0 amide bonds. The van der Waals surface area contributed by atoms with E-state index >= 15 is 0 Å². The molecule has 1 aromatic carbocycles. The van der Waals surface area contributed by atoms with Crippen molar-refractivity contribution in [3.8, 4) is 0 Å². The summed E-state index contributed by atoms with van der Waals surface area (Å²) in [5.74, 6) is 0. The summed E-state index contributed by atoms with van der Waals surface area (Å²) in [4.78, 5) is 0.241. The van der Waals surface area contributed by atoms with E-state index in [9.17, 15) is 8.42 Å². The fraction of sp³-hybridized carbons (Fsp3) is 0.571. The van der Waals surface area contributed by atoms with Crippen LogP contribution in [0, 0.1) is 5.41 Å². The molecule has 0 aliphatic heterocycles. The highest BCUT2D eigenvalue weighted by molar-refractivity contribution is 7.89. The molecule has 114 valence electrons. The van der Waals surface area contributed by atoms with Crippen LogP contribution in [0.3, 0.4) is 0 Å². The molecule has 0 aliphatic carbocycles. The van der Waals surface area contributed by atoms with Crippen LogP contribution in [0.15, 0.2) is 29.2 Å². The Hall–Kier alpha value is -1.11. The Labute approximate surface area is 122 Å². The van der Waals surface area contributed by atoms with Gasteiger partial charge in [0.25, 0.3) is 0 Å². The predicted octanol–water partition coefficient (Wildman–Crippen LogP) is 1.77. The average Bonchev–Trinajstić information content (AvgIpc) is 2.34. The normalized spacial score (nSPS) is 14.1. The average molecular weight is 299 g/mol. The molecule has 5 nitrogen and oxygen atoms in total. The maximum absolute atomic E-state index is 11.9. The number of para-hydroxylation sites is 1. The van der Waals surface area contributed by atoms with Crippen LogP contribution in [0.2, 0.25) is 0 Å². The van der Waals surface area contributed by atoms with E-state index in [0.29, 0.717) is 12.2 Å². The second-order valence-corrected chi connectivity index (χ2v) is 7.96. The zero-order valence-electron chi connectivity index (χ0n) is 12.6. The zero-order valence-corrected chi connectivity index (χ0v) is 13.4. The Morgan fingerprint density at radius 3 is 2.40 bits per heavy atom. The van der Waals surface area contributed by atoms with Crippen LogP contribution in [-0.2, 0) is 10.0 Å². The fourth-order valence-corrected chi connectivity index (χ4v) is 2.96. The van der Waals surface area contributed by atoms with Crippen molar-refractivity contribution in [2.45, 2.75) is 38.1 Å². The second-order valence-electron chi connectivity index (χ2n) is 6.11. The summed E-state index contributed by atoms with van der Waals surface area (Å²) in [6.07, 6.45) is 0.862. The van der Waals surface area contributed by atoms with Gasteiger partial charge in [-0.15, -0.1) is 0 Å². The van der Waals surface area contributed by atoms with Crippen molar-refractivity contribution >= 4 is 15.7 Å². The van der Waals surface area contributed by atoms with Gasteiger partial charge in [-0.25, -0.2) is 13.1 Å². The molecule has 0 bridgehead atoms. The third kappa shape index (κ3) is 5.11. The Morgan fingerprint density at radius 1 is 1.25 bits per heavy atom. The lowest BCUT2D eigenvalue weighted by atomic mass is 9.88. The van der Waals surface area contributed by atoms with Gasteiger partial charge in [0.05, 0.1) is 5.69 Å². The van der Waals surface area contributed by atoms with Crippen molar-refractivity contribution < 1.29 is 8.42 Å². The molecule has 1 atom stereocenters. The molecule has 1 unspecified atom stereocenters. The van der Waals surface area contributed by atoms with E-state index < -0.39 is 10.0 Å². The van der Waals surface area contributed by atoms with Crippen molar-refractivity contribution in [3.63, 3.8) is 0 Å². The zero-order chi connectivity index (χ0) is 15.4. The van der Waals surface area contributed by atoms with Gasteiger partial charge < -0.3 is 11.1 Å². The first-order valence-corrected chi connectivity index (χ1v) is 8.16. The van der Waals surface area contributed by atoms with Crippen molar-refractivity contribution in [3.05, 3.63) is 24.3 Å². The third-order valence-electron chi connectivity index (χ3n) is 2.87. The minimum absolute atomic E-state index is 0.0275. The molecule has 0 fully saturated rings. The largest absolute Gasteiger partial charge is 0.382 e. The summed E-state index contributed by atoms with van der Waals surface area (Å²) in [7, 11) is -2.06. The number of benzene rings is 1. The molecular formula is C14H25N3O2S. The van der Waals surface area contributed by atoms with E-state index in [1.165, 1.54) is 7.05 Å². The summed E-state index contributed by atoms with van der Waals surface area (Å²) < 4.78 is 26.2.